The first kappa shape index (κ1) is 20.2. The molecule has 0 bridgehead atoms. The summed E-state index contributed by atoms with van der Waals surface area (Å²) < 4.78 is 18.9. The Balaban J connectivity index is 0.00000200. The molecule has 0 unspecified atom stereocenters. The molecule has 0 spiro atoms. The summed E-state index contributed by atoms with van der Waals surface area (Å²) in [6.07, 6.45) is 2.68. The van der Waals surface area contributed by atoms with Crippen molar-refractivity contribution in [2.75, 3.05) is 33.3 Å². The van der Waals surface area contributed by atoms with Gasteiger partial charge in [0.2, 0.25) is 0 Å². The molecule has 1 aromatic carbocycles. The van der Waals surface area contributed by atoms with E-state index in [4.69, 9.17) is 4.74 Å². The van der Waals surface area contributed by atoms with E-state index in [1.54, 1.807) is 19.2 Å². The van der Waals surface area contributed by atoms with Crippen molar-refractivity contribution in [3.8, 4) is 5.75 Å². The molecule has 1 fully saturated rings. The highest BCUT2D eigenvalue weighted by atomic mass is 35.5. The summed E-state index contributed by atoms with van der Waals surface area (Å²) in [5.74, 6) is 0.520. The summed E-state index contributed by atoms with van der Waals surface area (Å²) in [4.78, 5) is 2.36. The van der Waals surface area contributed by atoms with Crippen LogP contribution < -0.4 is 10.1 Å². The highest BCUT2D eigenvalue weighted by Crippen LogP contribution is 2.32. The Hall–Kier alpha value is -0.810. The first-order valence-electron chi connectivity index (χ1n) is 6.65. The van der Waals surface area contributed by atoms with Crippen molar-refractivity contribution in [3.05, 3.63) is 42.2 Å². The largest absolute Gasteiger partial charge is 0.496 e. The summed E-state index contributed by atoms with van der Waals surface area (Å²) in [5, 5.41) is 3.33. The lowest BCUT2D eigenvalue weighted by Gasteiger charge is -2.35. The van der Waals surface area contributed by atoms with E-state index in [0.717, 1.165) is 43.9 Å². The van der Waals surface area contributed by atoms with E-state index >= 15 is 0 Å². The van der Waals surface area contributed by atoms with Gasteiger partial charge in [-0.3, -0.25) is 4.90 Å². The van der Waals surface area contributed by atoms with Gasteiger partial charge in [0.15, 0.2) is 0 Å². The number of halogens is 3. The first-order chi connectivity index (χ1) is 9.26. The number of ether oxygens (including phenoxy) is 1. The third kappa shape index (κ3) is 5.15. The second-order valence-corrected chi connectivity index (χ2v) is 4.71. The minimum atomic E-state index is -0.222. The van der Waals surface area contributed by atoms with Crippen LogP contribution >= 0.6 is 24.8 Å². The van der Waals surface area contributed by atoms with Gasteiger partial charge in [0.25, 0.3) is 0 Å². The van der Waals surface area contributed by atoms with Crippen LogP contribution in [0.4, 0.5) is 4.39 Å². The molecule has 0 saturated carbocycles. The molecule has 1 aliphatic rings. The molecule has 1 N–H and O–H groups in total. The number of methoxy groups -OCH3 is 1. The van der Waals surface area contributed by atoms with E-state index in [0.29, 0.717) is 0 Å². The number of hydrogen-bond donors (Lipinski definition) is 1. The van der Waals surface area contributed by atoms with E-state index < -0.39 is 0 Å². The maximum atomic E-state index is 13.5. The van der Waals surface area contributed by atoms with E-state index in [1.165, 1.54) is 6.07 Å². The maximum absolute atomic E-state index is 13.5. The number of nitrogens with zero attached hydrogens (tertiary/aromatic N) is 1. The lowest BCUT2D eigenvalue weighted by Crippen LogP contribution is -2.45. The third-order valence-corrected chi connectivity index (χ3v) is 3.53. The van der Waals surface area contributed by atoms with Crippen molar-refractivity contribution in [1.82, 2.24) is 10.2 Å². The van der Waals surface area contributed by atoms with Crippen LogP contribution in [0.3, 0.4) is 0 Å². The number of rotatable bonds is 5. The smallest absolute Gasteiger partial charge is 0.123 e. The highest BCUT2D eigenvalue weighted by molar-refractivity contribution is 5.85. The van der Waals surface area contributed by atoms with Crippen molar-refractivity contribution < 1.29 is 9.13 Å². The predicted octanol–water partition coefficient (Wildman–Crippen LogP) is 3.20. The Morgan fingerprint density at radius 2 is 2.05 bits per heavy atom. The Kier molecular flexibility index (Phi) is 9.62. The zero-order chi connectivity index (χ0) is 13.7. The molecule has 1 aliphatic heterocycles. The SMILES string of the molecule is C=CC[C@H](c1cc(F)ccc1OC)N1CCNCC1.Cl.Cl. The molecule has 1 atom stereocenters. The van der Waals surface area contributed by atoms with Gasteiger partial charge >= 0.3 is 0 Å². The number of nitrogens with one attached hydrogen (secondary N) is 1. The molecule has 120 valence electrons. The number of piperazine rings is 1. The molecule has 0 aliphatic carbocycles. The van der Waals surface area contributed by atoms with Crippen LogP contribution in [0.5, 0.6) is 5.75 Å². The van der Waals surface area contributed by atoms with Gasteiger partial charge in [0, 0.05) is 37.8 Å². The molecule has 6 heteroatoms. The van der Waals surface area contributed by atoms with Gasteiger partial charge in [-0.05, 0) is 24.6 Å². The molecule has 0 radical (unpaired) electrons. The normalized spacial score (nSPS) is 16.3. The van der Waals surface area contributed by atoms with Crippen LogP contribution in [0.2, 0.25) is 0 Å². The number of benzene rings is 1. The summed E-state index contributed by atoms with van der Waals surface area (Å²) in [5.41, 5.74) is 0.907. The molecule has 2 rings (SSSR count). The molecule has 21 heavy (non-hydrogen) atoms. The average Bonchev–Trinajstić information content (AvgIpc) is 2.45. The second kappa shape index (κ2) is 10.0. The second-order valence-electron chi connectivity index (χ2n) is 4.71. The lowest BCUT2D eigenvalue weighted by atomic mass is 10.00. The number of hydrogen-bond acceptors (Lipinski definition) is 3. The fourth-order valence-corrected chi connectivity index (χ4v) is 2.59. The summed E-state index contributed by atoms with van der Waals surface area (Å²) in [7, 11) is 1.62. The van der Waals surface area contributed by atoms with Crippen LogP contribution in [0, 0.1) is 5.82 Å². The fourth-order valence-electron chi connectivity index (χ4n) is 2.59. The summed E-state index contributed by atoms with van der Waals surface area (Å²) in [6, 6.07) is 4.84. The molecule has 0 amide bonds. The first-order valence-corrected chi connectivity index (χ1v) is 6.65. The fraction of sp³-hybridized carbons (Fsp3) is 0.467. The monoisotopic (exact) mass is 336 g/mol. The Labute approximate surface area is 138 Å². The molecule has 0 aromatic heterocycles. The van der Waals surface area contributed by atoms with Gasteiger partial charge in [-0.25, -0.2) is 4.39 Å². The van der Waals surface area contributed by atoms with Crippen molar-refractivity contribution in [2.45, 2.75) is 12.5 Å². The minimum absolute atomic E-state index is 0. The summed E-state index contributed by atoms with van der Waals surface area (Å²) >= 11 is 0. The van der Waals surface area contributed by atoms with E-state index in [1.807, 2.05) is 6.08 Å². The topological polar surface area (TPSA) is 24.5 Å². The van der Waals surface area contributed by atoms with Crippen LogP contribution in [-0.4, -0.2) is 38.2 Å². The Morgan fingerprint density at radius 3 is 2.62 bits per heavy atom. The standard InChI is InChI=1S/C15H21FN2O.2ClH/c1-3-4-14(18-9-7-17-8-10-18)13-11-12(16)5-6-15(13)19-2;;/h3,5-6,11,14,17H,1,4,7-10H2,2H3;2*1H/t14-;;/m1../s1. The van der Waals surface area contributed by atoms with Crippen LogP contribution in [0.15, 0.2) is 30.9 Å². The van der Waals surface area contributed by atoms with Crippen molar-refractivity contribution in [3.63, 3.8) is 0 Å². The minimum Gasteiger partial charge on any atom is -0.496 e. The molecule has 1 aromatic rings. The molecule has 3 nitrogen and oxygen atoms in total. The van der Waals surface area contributed by atoms with E-state index in [-0.39, 0.29) is 36.7 Å². The average molecular weight is 337 g/mol. The van der Waals surface area contributed by atoms with Crippen LogP contribution in [-0.2, 0) is 0 Å². The van der Waals surface area contributed by atoms with E-state index in [2.05, 4.69) is 16.8 Å². The van der Waals surface area contributed by atoms with Crippen LogP contribution in [0.1, 0.15) is 18.0 Å². The third-order valence-electron chi connectivity index (χ3n) is 3.53. The van der Waals surface area contributed by atoms with Crippen LogP contribution in [0.25, 0.3) is 0 Å². The van der Waals surface area contributed by atoms with Gasteiger partial charge in [0.1, 0.15) is 11.6 Å². The predicted molar refractivity (Wildman–Crippen MR) is 89.4 cm³/mol. The quantitative estimate of drug-likeness (QED) is 0.835. The zero-order valence-electron chi connectivity index (χ0n) is 12.2. The van der Waals surface area contributed by atoms with Gasteiger partial charge in [-0.2, -0.15) is 0 Å². The van der Waals surface area contributed by atoms with Gasteiger partial charge in [-0.15, -0.1) is 31.4 Å². The Morgan fingerprint density at radius 1 is 1.38 bits per heavy atom. The highest BCUT2D eigenvalue weighted by Gasteiger charge is 2.24. The molecule has 1 saturated heterocycles. The van der Waals surface area contributed by atoms with Gasteiger partial charge < -0.3 is 10.1 Å². The van der Waals surface area contributed by atoms with Crippen molar-refractivity contribution >= 4 is 24.8 Å². The Bertz CT molecular complexity index is 440. The molecular weight excluding hydrogens is 314 g/mol. The molecular formula is C15H23Cl2FN2O. The maximum Gasteiger partial charge on any atom is 0.123 e. The lowest BCUT2D eigenvalue weighted by molar-refractivity contribution is 0.171. The van der Waals surface area contributed by atoms with E-state index in [9.17, 15) is 4.39 Å². The van der Waals surface area contributed by atoms with Crippen molar-refractivity contribution in [1.29, 1.82) is 0 Å². The summed E-state index contributed by atoms with van der Waals surface area (Å²) in [6.45, 7) is 7.66. The van der Waals surface area contributed by atoms with Crippen molar-refractivity contribution in [2.24, 2.45) is 0 Å². The zero-order valence-corrected chi connectivity index (χ0v) is 13.8. The molecule has 1 heterocycles. The van der Waals surface area contributed by atoms with Gasteiger partial charge in [-0.1, -0.05) is 6.08 Å². The van der Waals surface area contributed by atoms with Gasteiger partial charge in [0.05, 0.1) is 7.11 Å².